The Morgan fingerprint density at radius 2 is 2.04 bits per heavy atom. The van der Waals surface area contributed by atoms with Crippen molar-refractivity contribution in [3.63, 3.8) is 0 Å². The Hall–Kier alpha value is -2.21. The van der Waals surface area contributed by atoms with Gasteiger partial charge in [-0.3, -0.25) is 9.59 Å². The van der Waals surface area contributed by atoms with Crippen molar-refractivity contribution in [3.05, 3.63) is 40.3 Å². The normalized spacial score (nSPS) is 22.6. The third-order valence-electron chi connectivity index (χ3n) is 5.73. The first-order valence-electron chi connectivity index (χ1n) is 8.92. The van der Waals surface area contributed by atoms with Crippen LogP contribution in [0, 0.1) is 5.41 Å². The van der Waals surface area contributed by atoms with Crippen LogP contribution in [-0.4, -0.2) is 46.8 Å². The lowest BCUT2D eigenvalue weighted by Gasteiger charge is -2.33. The average Bonchev–Trinajstić information content (AvgIpc) is 2.94. The number of benzene rings is 1. The molecular formula is C19H23N3O3. The maximum atomic E-state index is 12.9. The molecule has 4 rings (SSSR count). The number of nitrogens with zero attached hydrogens (tertiary/aromatic N) is 2. The Morgan fingerprint density at radius 3 is 2.80 bits per heavy atom. The summed E-state index contributed by atoms with van der Waals surface area (Å²) in [4.78, 5) is 26.8. The lowest BCUT2D eigenvalue weighted by molar-refractivity contribution is -0.131. The second-order valence-electron chi connectivity index (χ2n) is 7.41. The van der Waals surface area contributed by atoms with Gasteiger partial charge in [0, 0.05) is 31.2 Å². The number of carbonyl (C=O) groups excluding carboxylic acids is 1. The number of carbonyl (C=O) groups is 1. The molecule has 3 heterocycles. The molecular weight excluding hydrogens is 318 g/mol. The van der Waals surface area contributed by atoms with Crippen molar-refractivity contribution in [1.29, 1.82) is 0 Å². The van der Waals surface area contributed by atoms with Crippen molar-refractivity contribution in [2.24, 2.45) is 5.41 Å². The molecule has 1 atom stereocenters. The zero-order valence-electron chi connectivity index (χ0n) is 14.5. The summed E-state index contributed by atoms with van der Waals surface area (Å²) < 4.78 is 5.50. The summed E-state index contributed by atoms with van der Waals surface area (Å²) in [5.74, 6) is 0.0839. The highest BCUT2D eigenvalue weighted by atomic mass is 16.5. The van der Waals surface area contributed by atoms with E-state index in [9.17, 15) is 9.59 Å². The molecule has 132 valence electrons. The quantitative estimate of drug-likeness (QED) is 0.905. The van der Waals surface area contributed by atoms with E-state index in [1.807, 2.05) is 23.1 Å². The van der Waals surface area contributed by atoms with Crippen molar-refractivity contribution >= 4 is 16.7 Å². The van der Waals surface area contributed by atoms with E-state index < -0.39 is 0 Å². The summed E-state index contributed by atoms with van der Waals surface area (Å²) in [5, 5.41) is 7.99. The fourth-order valence-corrected chi connectivity index (χ4v) is 4.37. The second kappa shape index (κ2) is 6.26. The maximum Gasteiger partial charge on any atom is 0.272 e. The lowest BCUT2D eigenvalue weighted by atomic mass is 9.78. The largest absolute Gasteiger partial charge is 0.381 e. The molecule has 1 amide bonds. The number of hydrogen-bond acceptors (Lipinski definition) is 4. The predicted octanol–water partition coefficient (Wildman–Crippen LogP) is 1.88. The maximum absolute atomic E-state index is 12.9. The molecule has 1 aromatic carbocycles. The van der Waals surface area contributed by atoms with E-state index in [1.54, 1.807) is 6.07 Å². The van der Waals surface area contributed by atoms with Gasteiger partial charge in [0.05, 0.1) is 17.5 Å². The van der Waals surface area contributed by atoms with Gasteiger partial charge in [0.1, 0.15) is 0 Å². The Kier molecular flexibility index (Phi) is 4.07. The smallest absolute Gasteiger partial charge is 0.272 e. The van der Waals surface area contributed by atoms with E-state index >= 15 is 0 Å². The van der Waals surface area contributed by atoms with Crippen molar-refractivity contribution in [2.75, 3.05) is 19.8 Å². The van der Waals surface area contributed by atoms with E-state index in [0.29, 0.717) is 11.1 Å². The molecule has 0 radical (unpaired) electrons. The highest BCUT2D eigenvalue weighted by Gasteiger charge is 2.44. The molecule has 0 saturated carbocycles. The van der Waals surface area contributed by atoms with Crippen molar-refractivity contribution < 1.29 is 9.53 Å². The molecule has 1 N–H and O–H groups in total. The zero-order chi connectivity index (χ0) is 17.4. The van der Waals surface area contributed by atoms with Crippen LogP contribution < -0.4 is 5.56 Å². The number of rotatable bonds is 2. The highest BCUT2D eigenvalue weighted by molar-refractivity contribution is 5.88. The minimum Gasteiger partial charge on any atom is -0.381 e. The molecule has 2 aliphatic rings. The molecule has 6 nitrogen and oxygen atoms in total. The Bertz CT molecular complexity index is 854. The molecule has 0 bridgehead atoms. The van der Waals surface area contributed by atoms with Crippen LogP contribution in [0.1, 0.15) is 31.9 Å². The summed E-state index contributed by atoms with van der Waals surface area (Å²) in [6, 6.07) is 7.54. The number of likely N-dealkylation sites (tertiary alicyclic amines) is 1. The van der Waals surface area contributed by atoms with Gasteiger partial charge in [0.25, 0.3) is 5.56 Å². The van der Waals surface area contributed by atoms with E-state index in [2.05, 4.69) is 17.1 Å². The fourth-order valence-electron chi connectivity index (χ4n) is 4.37. The SMILES string of the molecule is CC1CC2(CCOCC2)CN1C(=O)Cc1n[nH]c(=O)c2ccccc12. The van der Waals surface area contributed by atoms with E-state index in [0.717, 1.165) is 44.4 Å². The summed E-state index contributed by atoms with van der Waals surface area (Å²) in [6.45, 7) is 4.51. The molecule has 1 unspecified atom stereocenters. The van der Waals surface area contributed by atoms with Gasteiger partial charge < -0.3 is 9.64 Å². The van der Waals surface area contributed by atoms with Crippen molar-refractivity contribution in [3.8, 4) is 0 Å². The topological polar surface area (TPSA) is 75.3 Å². The number of amides is 1. The summed E-state index contributed by atoms with van der Waals surface area (Å²) in [6.07, 6.45) is 3.32. The minimum atomic E-state index is -0.220. The Morgan fingerprint density at radius 1 is 1.32 bits per heavy atom. The van der Waals surface area contributed by atoms with Crippen molar-refractivity contribution in [2.45, 2.75) is 38.6 Å². The standard InChI is InChI=1S/C19H23N3O3/c1-13-11-19(6-8-25-9-7-19)12-22(13)17(23)10-16-14-4-2-3-5-15(14)18(24)21-20-16/h2-5,13H,6-12H2,1H3,(H,21,24). The molecule has 0 aliphatic carbocycles. The molecule has 6 heteroatoms. The van der Waals surface area contributed by atoms with Gasteiger partial charge >= 0.3 is 0 Å². The number of H-pyrrole nitrogens is 1. The number of hydrogen-bond donors (Lipinski definition) is 1. The van der Waals surface area contributed by atoms with E-state index in [-0.39, 0.29) is 29.3 Å². The molecule has 2 saturated heterocycles. The van der Waals surface area contributed by atoms with Gasteiger partial charge in [-0.1, -0.05) is 18.2 Å². The Balaban J connectivity index is 1.57. The van der Waals surface area contributed by atoms with Crippen LogP contribution in [0.4, 0.5) is 0 Å². The third-order valence-corrected chi connectivity index (χ3v) is 5.73. The fraction of sp³-hybridized carbons (Fsp3) is 0.526. The Labute approximate surface area is 146 Å². The number of nitrogens with one attached hydrogen (secondary N) is 1. The first-order valence-corrected chi connectivity index (χ1v) is 8.92. The highest BCUT2D eigenvalue weighted by Crippen LogP contribution is 2.42. The predicted molar refractivity (Wildman–Crippen MR) is 94.3 cm³/mol. The summed E-state index contributed by atoms with van der Waals surface area (Å²) in [5.41, 5.74) is 0.635. The molecule has 2 aromatic rings. The first-order chi connectivity index (χ1) is 12.1. The van der Waals surface area contributed by atoms with Crippen LogP contribution in [0.5, 0.6) is 0 Å². The van der Waals surface area contributed by atoms with Crippen LogP contribution in [-0.2, 0) is 16.0 Å². The second-order valence-corrected chi connectivity index (χ2v) is 7.41. The van der Waals surface area contributed by atoms with Crippen molar-refractivity contribution in [1.82, 2.24) is 15.1 Å². The van der Waals surface area contributed by atoms with Gasteiger partial charge in [-0.25, -0.2) is 5.10 Å². The van der Waals surface area contributed by atoms with Gasteiger partial charge in [-0.05, 0) is 37.7 Å². The molecule has 1 aromatic heterocycles. The van der Waals surface area contributed by atoms with Gasteiger partial charge in [-0.15, -0.1) is 0 Å². The van der Waals surface area contributed by atoms with Crippen LogP contribution in [0.15, 0.2) is 29.1 Å². The van der Waals surface area contributed by atoms with Gasteiger partial charge in [0.15, 0.2) is 0 Å². The van der Waals surface area contributed by atoms with Crippen LogP contribution in [0.2, 0.25) is 0 Å². The number of aromatic nitrogens is 2. The average molecular weight is 341 g/mol. The van der Waals surface area contributed by atoms with Crippen LogP contribution in [0.25, 0.3) is 10.8 Å². The van der Waals surface area contributed by atoms with E-state index in [4.69, 9.17) is 4.74 Å². The monoisotopic (exact) mass is 341 g/mol. The molecule has 2 fully saturated rings. The summed E-state index contributed by atoms with van der Waals surface area (Å²) in [7, 11) is 0. The van der Waals surface area contributed by atoms with Crippen LogP contribution >= 0.6 is 0 Å². The molecule has 1 spiro atoms. The zero-order valence-corrected chi connectivity index (χ0v) is 14.5. The first kappa shape index (κ1) is 16.3. The third kappa shape index (κ3) is 2.95. The molecule has 2 aliphatic heterocycles. The number of fused-ring (bicyclic) bond motifs is 1. The summed E-state index contributed by atoms with van der Waals surface area (Å²) >= 11 is 0. The minimum absolute atomic E-state index is 0.0839. The number of ether oxygens (including phenoxy) is 1. The van der Waals surface area contributed by atoms with Crippen LogP contribution in [0.3, 0.4) is 0 Å². The van der Waals surface area contributed by atoms with E-state index in [1.165, 1.54) is 0 Å². The van der Waals surface area contributed by atoms with Gasteiger partial charge in [-0.2, -0.15) is 5.10 Å². The molecule has 25 heavy (non-hydrogen) atoms. The lowest BCUT2D eigenvalue weighted by Crippen LogP contribution is -2.38. The van der Waals surface area contributed by atoms with Gasteiger partial charge in [0.2, 0.25) is 5.91 Å². The number of aromatic amines is 1.